The maximum Gasteiger partial charge on any atom is 0.247 e. The highest BCUT2D eigenvalue weighted by Gasteiger charge is 2.18. The summed E-state index contributed by atoms with van der Waals surface area (Å²) in [6, 6.07) is 16.4. The van der Waals surface area contributed by atoms with E-state index in [-0.39, 0.29) is 11.7 Å². The van der Waals surface area contributed by atoms with Crippen molar-refractivity contribution >= 4 is 40.2 Å². The van der Waals surface area contributed by atoms with E-state index in [0.717, 1.165) is 38.4 Å². The summed E-state index contributed by atoms with van der Waals surface area (Å²) in [5, 5.41) is 28.8. The molecule has 2 aromatic carbocycles. The quantitative estimate of drug-likeness (QED) is 0.275. The second-order valence-electron chi connectivity index (χ2n) is 8.34. The summed E-state index contributed by atoms with van der Waals surface area (Å²) in [7, 11) is 0. The van der Waals surface area contributed by atoms with Gasteiger partial charge < -0.3 is 30.9 Å². The minimum absolute atomic E-state index is 0.0671. The first-order chi connectivity index (χ1) is 17.5. The van der Waals surface area contributed by atoms with E-state index in [9.17, 15) is 15.2 Å². The van der Waals surface area contributed by atoms with Crippen molar-refractivity contribution in [3.63, 3.8) is 0 Å². The zero-order chi connectivity index (χ0) is 25.5. The molecule has 9 heteroatoms. The Morgan fingerprint density at radius 2 is 1.86 bits per heavy atom. The Morgan fingerprint density at radius 1 is 1.08 bits per heavy atom. The maximum absolute atomic E-state index is 12.2. The zero-order valence-electron chi connectivity index (χ0n) is 20.2. The summed E-state index contributed by atoms with van der Waals surface area (Å²) >= 11 is 0. The number of nitrogens with one attached hydrogen (secondary N) is 3. The van der Waals surface area contributed by atoms with E-state index >= 15 is 0 Å². The van der Waals surface area contributed by atoms with Crippen LogP contribution in [0.2, 0.25) is 0 Å². The van der Waals surface area contributed by atoms with Gasteiger partial charge in [0.2, 0.25) is 5.91 Å². The molecule has 0 bridgehead atoms. The number of rotatable bonds is 8. The summed E-state index contributed by atoms with van der Waals surface area (Å²) in [6.45, 7) is 10.6. The van der Waals surface area contributed by atoms with Gasteiger partial charge in [-0.15, -0.1) is 0 Å². The summed E-state index contributed by atoms with van der Waals surface area (Å²) in [5.41, 5.74) is 3.54. The Kier molecular flexibility index (Phi) is 7.68. The number of aromatic nitrogens is 1. The number of carbonyl (C=O) groups is 1. The van der Waals surface area contributed by atoms with Crippen molar-refractivity contribution in [1.29, 1.82) is 5.26 Å². The molecule has 4 N–H and O–H groups in total. The van der Waals surface area contributed by atoms with E-state index < -0.39 is 0 Å². The summed E-state index contributed by atoms with van der Waals surface area (Å²) < 4.78 is 0. The molecule has 0 saturated carbocycles. The van der Waals surface area contributed by atoms with Gasteiger partial charge in [0.15, 0.2) is 0 Å². The number of anilines is 6. The van der Waals surface area contributed by atoms with Crippen molar-refractivity contribution in [2.75, 3.05) is 53.6 Å². The van der Waals surface area contributed by atoms with E-state index in [1.165, 1.54) is 12.3 Å². The molecular formula is C27H29N7O2. The van der Waals surface area contributed by atoms with Gasteiger partial charge in [-0.05, 0) is 43.0 Å². The van der Waals surface area contributed by atoms with Crippen molar-refractivity contribution in [1.82, 2.24) is 9.88 Å². The van der Waals surface area contributed by atoms with Gasteiger partial charge in [-0.3, -0.25) is 4.79 Å². The van der Waals surface area contributed by atoms with Crippen LogP contribution in [0.5, 0.6) is 5.75 Å². The molecule has 0 radical (unpaired) electrons. The Labute approximate surface area is 210 Å². The Balaban J connectivity index is 1.61. The lowest BCUT2D eigenvalue weighted by molar-refractivity contribution is -0.111. The average Bonchev–Trinajstić information content (AvgIpc) is 2.91. The number of nitrogens with zero attached hydrogens (tertiary/aromatic N) is 4. The molecular weight excluding hydrogens is 454 g/mol. The van der Waals surface area contributed by atoms with E-state index in [4.69, 9.17) is 0 Å². The van der Waals surface area contributed by atoms with Crippen LogP contribution in [0, 0.1) is 11.3 Å². The van der Waals surface area contributed by atoms with E-state index in [2.05, 4.69) is 50.3 Å². The largest absolute Gasteiger partial charge is 0.506 e. The van der Waals surface area contributed by atoms with Crippen LogP contribution < -0.4 is 20.9 Å². The normalized spacial score (nSPS) is 13.5. The van der Waals surface area contributed by atoms with Gasteiger partial charge in [-0.2, -0.15) is 5.26 Å². The SMILES string of the molecule is C=CC(=O)Nc1cc(N2CCN(CC)CC2)ccc1Nc1cc(Nc2ccccc2O)c(C#N)cn1. The lowest BCUT2D eigenvalue weighted by Gasteiger charge is -2.35. The molecule has 1 saturated heterocycles. The minimum Gasteiger partial charge on any atom is -0.506 e. The van der Waals surface area contributed by atoms with Crippen molar-refractivity contribution in [3.8, 4) is 11.8 Å². The molecule has 4 rings (SSSR count). The third-order valence-corrected chi connectivity index (χ3v) is 6.09. The summed E-state index contributed by atoms with van der Waals surface area (Å²) in [5.74, 6) is 0.212. The molecule has 3 aromatic rings. The van der Waals surface area contributed by atoms with Crippen LogP contribution in [0.1, 0.15) is 12.5 Å². The number of likely N-dealkylation sites (N-methyl/N-ethyl adjacent to an activating group) is 1. The van der Waals surface area contributed by atoms with Gasteiger partial charge in [-0.25, -0.2) is 4.98 Å². The van der Waals surface area contributed by atoms with Gasteiger partial charge in [0.25, 0.3) is 0 Å². The molecule has 184 valence electrons. The summed E-state index contributed by atoms with van der Waals surface area (Å²) in [4.78, 5) is 21.2. The first kappa shape index (κ1) is 24.6. The van der Waals surface area contributed by atoms with Crippen molar-refractivity contribution in [2.24, 2.45) is 0 Å². The highest BCUT2D eigenvalue weighted by molar-refractivity contribution is 6.02. The second kappa shape index (κ2) is 11.3. The third-order valence-electron chi connectivity index (χ3n) is 6.09. The van der Waals surface area contributed by atoms with Crippen LogP contribution in [-0.2, 0) is 4.79 Å². The molecule has 0 spiro atoms. The number of para-hydroxylation sites is 2. The molecule has 1 fully saturated rings. The van der Waals surface area contributed by atoms with Gasteiger partial charge in [0, 0.05) is 44.1 Å². The molecule has 36 heavy (non-hydrogen) atoms. The Morgan fingerprint density at radius 3 is 2.56 bits per heavy atom. The van der Waals surface area contributed by atoms with Crippen LogP contribution in [-0.4, -0.2) is 53.6 Å². The number of phenolic OH excluding ortho intramolecular Hbond substituents is 1. The van der Waals surface area contributed by atoms with Gasteiger partial charge in [0.1, 0.15) is 17.6 Å². The number of amides is 1. The van der Waals surface area contributed by atoms with Crippen molar-refractivity contribution < 1.29 is 9.90 Å². The molecule has 1 aromatic heterocycles. The molecule has 0 atom stereocenters. The highest BCUT2D eigenvalue weighted by Crippen LogP contribution is 2.33. The number of nitriles is 1. The smallest absolute Gasteiger partial charge is 0.247 e. The van der Waals surface area contributed by atoms with Crippen LogP contribution >= 0.6 is 0 Å². The predicted molar refractivity (Wildman–Crippen MR) is 143 cm³/mol. The number of pyridine rings is 1. The predicted octanol–water partition coefficient (Wildman–Crippen LogP) is 4.41. The Bertz CT molecular complexity index is 1290. The lowest BCUT2D eigenvalue weighted by Crippen LogP contribution is -2.46. The number of hydrogen-bond donors (Lipinski definition) is 4. The van der Waals surface area contributed by atoms with E-state index in [1.807, 2.05) is 18.2 Å². The van der Waals surface area contributed by atoms with Crippen molar-refractivity contribution in [3.05, 3.63) is 72.9 Å². The molecule has 0 unspecified atom stereocenters. The van der Waals surface area contributed by atoms with Crippen LogP contribution in [0.25, 0.3) is 0 Å². The highest BCUT2D eigenvalue weighted by atomic mass is 16.3. The molecule has 9 nitrogen and oxygen atoms in total. The fraction of sp³-hybridized carbons (Fsp3) is 0.222. The average molecular weight is 484 g/mol. The fourth-order valence-electron chi connectivity index (χ4n) is 4.03. The molecule has 2 heterocycles. The maximum atomic E-state index is 12.2. The van der Waals surface area contributed by atoms with Gasteiger partial charge >= 0.3 is 0 Å². The number of aromatic hydroxyl groups is 1. The van der Waals surface area contributed by atoms with E-state index in [0.29, 0.717) is 34.1 Å². The number of benzene rings is 2. The lowest BCUT2D eigenvalue weighted by atomic mass is 10.2. The molecule has 0 aliphatic carbocycles. The fourth-order valence-corrected chi connectivity index (χ4v) is 4.03. The number of piperazine rings is 1. The number of carbonyl (C=O) groups excluding carboxylic acids is 1. The van der Waals surface area contributed by atoms with Crippen LogP contribution in [0.3, 0.4) is 0 Å². The summed E-state index contributed by atoms with van der Waals surface area (Å²) in [6.07, 6.45) is 2.68. The Hall–Kier alpha value is -4.55. The standard InChI is InChI=1S/C27H29N7O2/c1-3-27(36)32-24-15-20(34-13-11-33(4-2)12-14-34)9-10-21(24)31-26-16-23(19(17-28)18-29-26)30-22-7-5-6-8-25(22)35/h3,5-10,15-16,18,35H,1,4,11-14H2,2H3,(H,32,36)(H2,29,30,31). The number of hydrogen-bond acceptors (Lipinski definition) is 8. The van der Waals surface area contributed by atoms with Crippen LogP contribution in [0.15, 0.2) is 67.4 Å². The zero-order valence-corrected chi connectivity index (χ0v) is 20.2. The molecule has 1 aliphatic heterocycles. The third kappa shape index (κ3) is 5.74. The van der Waals surface area contributed by atoms with Gasteiger partial charge in [-0.1, -0.05) is 25.6 Å². The monoisotopic (exact) mass is 483 g/mol. The van der Waals surface area contributed by atoms with Crippen LogP contribution in [0.4, 0.5) is 34.3 Å². The van der Waals surface area contributed by atoms with E-state index in [1.54, 1.807) is 30.3 Å². The first-order valence-electron chi connectivity index (χ1n) is 11.8. The topological polar surface area (TPSA) is 117 Å². The first-order valence-corrected chi connectivity index (χ1v) is 11.8. The van der Waals surface area contributed by atoms with Crippen molar-refractivity contribution in [2.45, 2.75) is 6.92 Å². The van der Waals surface area contributed by atoms with Gasteiger partial charge in [0.05, 0.1) is 28.3 Å². The molecule has 1 amide bonds. The minimum atomic E-state index is -0.319. The molecule has 1 aliphatic rings. The second-order valence-corrected chi connectivity index (χ2v) is 8.34. The number of phenols is 1.